The van der Waals surface area contributed by atoms with Gasteiger partial charge in [0, 0.05) is 25.9 Å². The first-order valence-electron chi connectivity index (χ1n) is 8.55. The molecule has 1 atom stereocenters. The largest absolute Gasteiger partial charge is 0.505 e. The molecule has 0 fully saturated rings. The highest BCUT2D eigenvalue weighted by Crippen LogP contribution is 2.42. The predicted octanol–water partition coefficient (Wildman–Crippen LogP) is 2.79. The van der Waals surface area contributed by atoms with Crippen LogP contribution in [0.2, 0.25) is 5.02 Å². The van der Waals surface area contributed by atoms with Gasteiger partial charge in [-0.1, -0.05) is 11.6 Å². The number of rotatable bonds is 8. The summed E-state index contributed by atoms with van der Waals surface area (Å²) in [7, 11) is 4.92. The number of nitrogens with zero attached hydrogens (tertiary/aromatic N) is 3. The van der Waals surface area contributed by atoms with Crippen LogP contribution in [0.5, 0.6) is 5.75 Å². The fraction of sp³-hybridized carbons (Fsp3) is 0.278. The highest BCUT2D eigenvalue weighted by atomic mass is 35.5. The summed E-state index contributed by atoms with van der Waals surface area (Å²) in [5.41, 5.74) is 0.0601. The summed E-state index contributed by atoms with van der Waals surface area (Å²) >= 11 is 7.23. The van der Waals surface area contributed by atoms with Gasteiger partial charge in [-0.3, -0.25) is 19.1 Å². The molecule has 0 aliphatic heterocycles. The molecular weight excluding hydrogens is 418 g/mol. The Morgan fingerprint density at radius 2 is 2.00 bits per heavy atom. The molecule has 0 saturated carbocycles. The first-order valence-corrected chi connectivity index (χ1v) is 9.70. The van der Waals surface area contributed by atoms with Gasteiger partial charge in [-0.15, -0.1) is 4.47 Å². The van der Waals surface area contributed by atoms with Gasteiger partial charge in [0.1, 0.15) is 11.4 Å². The Morgan fingerprint density at radius 3 is 2.62 bits per heavy atom. The molecule has 154 valence electrons. The molecule has 0 aliphatic carbocycles. The summed E-state index contributed by atoms with van der Waals surface area (Å²) in [5, 5.41) is 20.9. The van der Waals surface area contributed by atoms with E-state index in [1.54, 1.807) is 31.0 Å². The molecule has 1 heterocycles. The molecule has 2 aromatic carbocycles. The zero-order valence-corrected chi connectivity index (χ0v) is 17.8. The first-order chi connectivity index (χ1) is 13.7. The highest BCUT2D eigenvalue weighted by Gasteiger charge is 2.25. The lowest BCUT2D eigenvalue weighted by molar-refractivity contribution is -0.0146. The SMILES string of the molecule is CON(C)Sc1c(Cl)ccc(Nc2c(NC(C)c3cnn(C)c3)c(=O)c2=O)c1O. The van der Waals surface area contributed by atoms with E-state index in [-0.39, 0.29) is 28.9 Å². The highest BCUT2D eigenvalue weighted by molar-refractivity contribution is 7.97. The number of hydrogen-bond donors (Lipinski definition) is 3. The monoisotopic (exact) mass is 437 g/mol. The van der Waals surface area contributed by atoms with Gasteiger partial charge in [-0.2, -0.15) is 5.10 Å². The summed E-state index contributed by atoms with van der Waals surface area (Å²) in [6.07, 6.45) is 3.49. The van der Waals surface area contributed by atoms with Crippen LogP contribution in [-0.4, -0.2) is 33.5 Å². The lowest BCUT2D eigenvalue weighted by Gasteiger charge is -2.20. The normalized spacial score (nSPS) is 12.5. The van der Waals surface area contributed by atoms with E-state index in [1.807, 2.05) is 13.1 Å². The van der Waals surface area contributed by atoms with E-state index >= 15 is 0 Å². The molecule has 3 N–H and O–H groups in total. The van der Waals surface area contributed by atoms with Crippen molar-refractivity contribution in [3.8, 4) is 5.75 Å². The first kappa shape index (κ1) is 21.2. The summed E-state index contributed by atoms with van der Waals surface area (Å²) < 4.78 is 3.06. The van der Waals surface area contributed by atoms with Crippen molar-refractivity contribution in [1.82, 2.24) is 14.2 Å². The van der Waals surface area contributed by atoms with Crippen LogP contribution in [0.3, 0.4) is 0 Å². The van der Waals surface area contributed by atoms with Crippen LogP contribution in [0.25, 0.3) is 0 Å². The third kappa shape index (κ3) is 4.25. The number of hydrogen-bond acceptors (Lipinski definition) is 9. The fourth-order valence-electron chi connectivity index (χ4n) is 2.65. The molecule has 9 nitrogen and oxygen atoms in total. The number of benzene rings is 1. The molecule has 29 heavy (non-hydrogen) atoms. The van der Waals surface area contributed by atoms with Gasteiger partial charge >= 0.3 is 0 Å². The van der Waals surface area contributed by atoms with Crippen LogP contribution in [0, 0.1) is 0 Å². The maximum Gasteiger partial charge on any atom is 0.253 e. The van der Waals surface area contributed by atoms with Crippen LogP contribution in [0.4, 0.5) is 17.1 Å². The summed E-state index contributed by atoms with van der Waals surface area (Å²) in [6.45, 7) is 1.85. The van der Waals surface area contributed by atoms with E-state index in [4.69, 9.17) is 16.4 Å². The van der Waals surface area contributed by atoms with Crippen molar-refractivity contribution in [2.75, 3.05) is 24.8 Å². The maximum atomic E-state index is 12.1. The molecular formula is C18H20ClN5O4S. The number of phenolic OH excluding ortho intramolecular Hbond substituents is 1. The molecule has 1 unspecified atom stereocenters. The Balaban J connectivity index is 1.86. The molecule has 3 rings (SSSR count). The van der Waals surface area contributed by atoms with Crippen LogP contribution in [0.1, 0.15) is 18.5 Å². The number of aromatic nitrogens is 2. The Hall–Kier alpha value is -2.53. The summed E-state index contributed by atoms with van der Waals surface area (Å²) in [6, 6.07) is 2.86. The van der Waals surface area contributed by atoms with E-state index < -0.39 is 10.9 Å². The standard InChI is InChI=1S/C18H20ClN5O4S/c1-9(10-7-20-23(2)8-10)21-13-14(17(27)16(13)26)22-12-6-5-11(19)18(15(12)25)29-24(3)28-4/h5-9,21-22,25H,1-4H3. The summed E-state index contributed by atoms with van der Waals surface area (Å²) in [5.74, 6) is -0.161. The predicted molar refractivity (Wildman–Crippen MR) is 114 cm³/mol. The summed E-state index contributed by atoms with van der Waals surface area (Å²) in [4.78, 5) is 29.6. The topological polar surface area (TPSA) is 109 Å². The average Bonchev–Trinajstić information content (AvgIpc) is 3.14. The Kier molecular flexibility index (Phi) is 6.18. The van der Waals surface area contributed by atoms with E-state index in [2.05, 4.69) is 15.7 Å². The van der Waals surface area contributed by atoms with Crippen LogP contribution < -0.4 is 21.5 Å². The lowest BCUT2D eigenvalue weighted by Crippen LogP contribution is -2.37. The van der Waals surface area contributed by atoms with Gasteiger partial charge in [0.05, 0.1) is 35.0 Å². The third-order valence-electron chi connectivity index (χ3n) is 4.32. The minimum absolute atomic E-state index is 0.0828. The molecule has 1 aromatic heterocycles. The van der Waals surface area contributed by atoms with Crippen molar-refractivity contribution in [1.29, 1.82) is 0 Å². The Labute approximate surface area is 176 Å². The zero-order valence-electron chi connectivity index (χ0n) is 16.2. The third-order valence-corrected chi connectivity index (χ3v) is 5.75. The van der Waals surface area contributed by atoms with Gasteiger partial charge in [-0.25, -0.2) is 0 Å². The van der Waals surface area contributed by atoms with E-state index in [0.717, 1.165) is 17.5 Å². The van der Waals surface area contributed by atoms with Gasteiger partial charge in [0.15, 0.2) is 5.75 Å². The molecule has 0 spiro atoms. The van der Waals surface area contributed by atoms with Gasteiger partial charge < -0.3 is 15.7 Å². The van der Waals surface area contributed by atoms with Crippen molar-refractivity contribution < 1.29 is 9.94 Å². The Bertz CT molecular complexity index is 1110. The van der Waals surface area contributed by atoms with Crippen molar-refractivity contribution in [3.05, 3.63) is 55.6 Å². The van der Waals surface area contributed by atoms with Crippen LogP contribution in [0.15, 0.2) is 39.0 Å². The Morgan fingerprint density at radius 1 is 1.31 bits per heavy atom. The fourth-order valence-corrected chi connectivity index (χ4v) is 3.59. The van der Waals surface area contributed by atoms with Crippen molar-refractivity contribution in [3.63, 3.8) is 0 Å². The van der Waals surface area contributed by atoms with E-state index in [9.17, 15) is 14.7 Å². The molecule has 11 heteroatoms. The number of phenols is 1. The number of hydroxylamine groups is 1. The second-order valence-electron chi connectivity index (χ2n) is 6.33. The zero-order chi connectivity index (χ0) is 21.3. The van der Waals surface area contributed by atoms with Gasteiger partial charge in [0.2, 0.25) is 0 Å². The molecule has 0 radical (unpaired) electrons. The van der Waals surface area contributed by atoms with Crippen molar-refractivity contribution >= 4 is 40.6 Å². The lowest BCUT2D eigenvalue weighted by atomic mass is 10.1. The molecule has 3 aromatic rings. The molecule has 0 saturated heterocycles. The number of anilines is 3. The smallest absolute Gasteiger partial charge is 0.253 e. The number of aromatic hydroxyl groups is 1. The molecule has 0 bridgehead atoms. The minimum Gasteiger partial charge on any atom is -0.505 e. The quantitative estimate of drug-likeness (QED) is 0.212. The van der Waals surface area contributed by atoms with E-state index in [0.29, 0.717) is 9.92 Å². The number of aryl methyl sites for hydroxylation is 1. The van der Waals surface area contributed by atoms with Crippen LogP contribution in [-0.2, 0) is 11.9 Å². The van der Waals surface area contributed by atoms with Crippen LogP contribution >= 0.6 is 23.5 Å². The second-order valence-corrected chi connectivity index (χ2v) is 7.85. The average molecular weight is 438 g/mol. The van der Waals surface area contributed by atoms with Gasteiger partial charge in [-0.05, 0) is 31.0 Å². The van der Waals surface area contributed by atoms with Crippen molar-refractivity contribution in [2.45, 2.75) is 17.9 Å². The second kappa shape index (κ2) is 8.46. The number of nitrogens with one attached hydrogen (secondary N) is 2. The minimum atomic E-state index is -0.663. The molecule has 0 amide bonds. The molecule has 0 aliphatic rings. The number of halogens is 1. The van der Waals surface area contributed by atoms with E-state index in [1.165, 1.54) is 17.6 Å². The van der Waals surface area contributed by atoms with Crippen molar-refractivity contribution in [2.24, 2.45) is 7.05 Å². The maximum absolute atomic E-state index is 12.1. The van der Waals surface area contributed by atoms with Gasteiger partial charge in [0.25, 0.3) is 10.9 Å².